The molecule has 1 aliphatic rings. The number of likely N-dealkylation sites (tertiary alicyclic amines) is 1. The summed E-state index contributed by atoms with van der Waals surface area (Å²) in [4.78, 5) is 43.9. The predicted molar refractivity (Wildman–Crippen MR) is 143 cm³/mol. The third-order valence-electron chi connectivity index (χ3n) is 6.44. The van der Waals surface area contributed by atoms with Gasteiger partial charge < -0.3 is 20.2 Å². The van der Waals surface area contributed by atoms with Gasteiger partial charge in [-0.3, -0.25) is 9.59 Å². The van der Waals surface area contributed by atoms with Crippen molar-refractivity contribution in [3.05, 3.63) is 52.9 Å². The van der Waals surface area contributed by atoms with Crippen molar-refractivity contribution >= 4 is 44.1 Å². The van der Waals surface area contributed by atoms with Crippen molar-refractivity contribution in [3.8, 4) is 0 Å². The summed E-state index contributed by atoms with van der Waals surface area (Å²) in [5.41, 5.74) is 1.40. The molecular formula is C25H31N7O5S. The normalized spacial score (nSPS) is 16.3. The maximum atomic E-state index is 12.8. The Morgan fingerprint density at radius 3 is 2.32 bits per heavy atom. The molecule has 4 rings (SSSR count). The largest absolute Gasteiger partial charge is 0.324 e. The van der Waals surface area contributed by atoms with Gasteiger partial charge in [0, 0.05) is 17.8 Å². The van der Waals surface area contributed by atoms with Gasteiger partial charge in [0.2, 0.25) is 16.1 Å². The number of aromatic amines is 2. The minimum Gasteiger partial charge on any atom is -0.324 e. The fraction of sp³-hybridized carbons (Fsp3) is 0.400. The third kappa shape index (κ3) is 6.60. The molecule has 2 aromatic carbocycles. The summed E-state index contributed by atoms with van der Waals surface area (Å²) in [5.74, 6) is -1.22. The number of benzene rings is 2. The van der Waals surface area contributed by atoms with E-state index < -0.39 is 27.8 Å². The van der Waals surface area contributed by atoms with Crippen molar-refractivity contribution in [2.45, 2.75) is 56.6 Å². The first-order valence-corrected chi connectivity index (χ1v) is 13.8. The number of sulfonamides is 1. The number of aromatic nitrogens is 2. The van der Waals surface area contributed by atoms with Gasteiger partial charge >= 0.3 is 5.69 Å². The van der Waals surface area contributed by atoms with Gasteiger partial charge in [0.1, 0.15) is 0 Å². The van der Waals surface area contributed by atoms with Crippen LogP contribution in [-0.4, -0.2) is 66.2 Å². The number of piperidine rings is 1. The summed E-state index contributed by atoms with van der Waals surface area (Å²) in [6.45, 7) is 7.15. The zero-order chi connectivity index (χ0) is 27.4. The highest BCUT2D eigenvalue weighted by Gasteiger charge is 2.26. The first kappa shape index (κ1) is 27.4. The van der Waals surface area contributed by atoms with E-state index >= 15 is 0 Å². The lowest BCUT2D eigenvalue weighted by Crippen LogP contribution is -2.46. The number of nitrogens with zero attached hydrogens (tertiary/aromatic N) is 3. The summed E-state index contributed by atoms with van der Waals surface area (Å²) in [6.07, 6.45) is 1.48. The highest BCUT2D eigenvalue weighted by molar-refractivity contribution is 7.89. The van der Waals surface area contributed by atoms with E-state index in [-0.39, 0.29) is 16.6 Å². The van der Waals surface area contributed by atoms with E-state index in [1.54, 1.807) is 18.2 Å². The minimum absolute atomic E-state index is 0.0859. The Balaban J connectivity index is 1.38. The number of imidazole rings is 1. The Morgan fingerprint density at radius 1 is 1.03 bits per heavy atom. The van der Waals surface area contributed by atoms with Crippen LogP contribution >= 0.6 is 0 Å². The SMILES string of the molecule is CC(=O)C(N=Nc1ccc2[nH]c(=O)[nH]c2c1)C(=O)Nc1ccc(S(=O)(=O)NC2CCN(C(C)C)CC2)cc1. The zero-order valence-electron chi connectivity index (χ0n) is 21.4. The summed E-state index contributed by atoms with van der Waals surface area (Å²) < 4.78 is 28.5. The van der Waals surface area contributed by atoms with E-state index in [1.807, 2.05) is 0 Å². The molecule has 1 aromatic heterocycles. The van der Waals surface area contributed by atoms with Crippen LogP contribution in [0.1, 0.15) is 33.6 Å². The number of carbonyl (C=O) groups excluding carboxylic acids is 2. The number of nitrogens with one attached hydrogen (secondary N) is 4. The number of hydrogen-bond acceptors (Lipinski definition) is 8. The highest BCUT2D eigenvalue weighted by Crippen LogP contribution is 2.20. The number of H-pyrrole nitrogens is 2. The van der Waals surface area contributed by atoms with Gasteiger partial charge in [0.05, 0.1) is 21.6 Å². The predicted octanol–water partition coefficient (Wildman–Crippen LogP) is 2.69. The van der Waals surface area contributed by atoms with Crippen molar-refractivity contribution < 1.29 is 18.0 Å². The van der Waals surface area contributed by atoms with Crippen LogP contribution in [0.2, 0.25) is 0 Å². The molecular weight excluding hydrogens is 510 g/mol. The van der Waals surface area contributed by atoms with Gasteiger partial charge in [0.25, 0.3) is 5.91 Å². The number of amides is 1. The van der Waals surface area contributed by atoms with Crippen molar-refractivity contribution in [1.29, 1.82) is 0 Å². The number of anilines is 1. The number of fused-ring (bicyclic) bond motifs is 1. The second-order valence-corrected chi connectivity index (χ2v) is 11.3. The van der Waals surface area contributed by atoms with E-state index in [9.17, 15) is 22.8 Å². The van der Waals surface area contributed by atoms with E-state index in [0.717, 1.165) is 25.9 Å². The van der Waals surface area contributed by atoms with Crippen LogP contribution in [0, 0.1) is 0 Å². The van der Waals surface area contributed by atoms with Crippen LogP contribution < -0.4 is 15.7 Å². The maximum absolute atomic E-state index is 12.8. The lowest BCUT2D eigenvalue weighted by molar-refractivity contribution is -0.126. The zero-order valence-corrected chi connectivity index (χ0v) is 22.2. The number of carbonyl (C=O) groups is 2. The monoisotopic (exact) mass is 541 g/mol. The molecule has 1 amide bonds. The Labute approximate surface area is 220 Å². The Morgan fingerprint density at radius 2 is 1.68 bits per heavy atom. The maximum Gasteiger partial charge on any atom is 0.323 e. The standard InChI is InChI=1S/C25H31N7O5S/c1-15(2)32-12-10-18(11-13-32)31-38(36,37)20-7-4-17(5-8-20)26-24(34)23(16(3)33)30-29-19-6-9-21-22(14-19)28-25(35)27-21/h4-9,14-15,18,23,31H,10-13H2,1-3H3,(H,26,34)(H2,27,28,35). The molecule has 0 aliphatic carbocycles. The van der Waals surface area contributed by atoms with Gasteiger partial charge in [0.15, 0.2) is 5.78 Å². The Hall–Kier alpha value is -3.68. The molecule has 1 fully saturated rings. The molecule has 0 saturated carbocycles. The molecule has 1 saturated heterocycles. The summed E-state index contributed by atoms with van der Waals surface area (Å²) in [7, 11) is -3.72. The van der Waals surface area contributed by atoms with Crippen molar-refractivity contribution in [3.63, 3.8) is 0 Å². The first-order chi connectivity index (χ1) is 18.0. The molecule has 0 bridgehead atoms. The fourth-order valence-electron chi connectivity index (χ4n) is 4.27. The van der Waals surface area contributed by atoms with Crippen LogP contribution in [0.5, 0.6) is 0 Å². The van der Waals surface area contributed by atoms with Gasteiger partial charge in [-0.05, 0) is 89.2 Å². The molecule has 13 heteroatoms. The quantitative estimate of drug-likeness (QED) is 0.240. The molecule has 1 aliphatic heterocycles. The van der Waals surface area contributed by atoms with E-state index in [2.05, 4.69) is 49.0 Å². The second kappa shape index (κ2) is 11.4. The molecule has 1 unspecified atom stereocenters. The number of hydrogen-bond donors (Lipinski definition) is 4. The number of Topliss-reactive ketones (excluding diaryl/α,β-unsaturated/α-hetero) is 1. The molecule has 38 heavy (non-hydrogen) atoms. The van der Waals surface area contributed by atoms with Gasteiger partial charge in [-0.1, -0.05) is 0 Å². The van der Waals surface area contributed by atoms with E-state index in [4.69, 9.17) is 0 Å². The van der Waals surface area contributed by atoms with Crippen molar-refractivity contribution in [2.24, 2.45) is 10.2 Å². The van der Waals surface area contributed by atoms with Crippen LogP contribution in [0.3, 0.4) is 0 Å². The summed E-state index contributed by atoms with van der Waals surface area (Å²) in [6, 6.07) is 9.39. The lowest BCUT2D eigenvalue weighted by Gasteiger charge is -2.34. The third-order valence-corrected chi connectivity index (χ3v) is 7.97. The van der Waals surface area contributed by atoms with Crippen LogP contribution in [0.15, 0.2) is 62.4 Å². The molecule has 0 spiro atoms. The number of rotatable bonds is 9. The minimum atomic E-state index is -3.72. The van der Waals surface area contributed by atoms with Crippen LogP contribution in [0.4, 0.5) is 11.4 Å². The van der Waals surface area contributed by atoms with Crippen LogP contribution in [0.25, 0.3) is 11.0 Å². The molecule has 1 atom stereocenters. The fourth-order valence-corrected chi connectivity index (χ4v) is 5.58. The Kier molecular flexibility index (Phi) is 8.19. The van der Waals surface area contributed by atoms with E-state index in [1.165, 1.54) is 31.2 Å². The Bertz CT molecular complexity index is 1500. The average Bonchev–Trinajstić information content (AvgIpc) is 3.23. The van der Waals surface area contributed by atoms with Gasteiger partial charge in [-0.2, -0.15) is 10.2 Å². The second-order valence-electron chi connectivity index (χ2n) is 9.58. The lowest BCUT2D eigenvalue weighted by atomic mass is 10.1. The summed E-state index contributed by atoms with van der Waals surface area (Å²) in [5, 5.41) is 10.5. The van der Waals surface area contributed by atoms with Crippen LogP contribution in [-0.2, 0) is 19.6 Å². The molecule has 4 N–H and O–H groups in total. The summed E-state index contributed by atoms with van der Waals surface area (Å²) >= 11 is 0. The average molecular weight is 542 g/mol. The molecule has 202 valence electrons. The van der Waals surface area contributed by atoms with Gasteiger partial charge in [-0.25, -0.2) is 17.9 Å². The van der Waals surface area contributed by atoms with Gasteiger partial charge in [-0.15, -0.1) is 0 Å². The smallest absolute Gasteiger partial charge is 0.323 e. The number of ketones is 1. The van der Waals surface area contributed by atoms with E-state index in [0.29, 0.717) is 28.5 Å². The molecule has 3 aromatic rings. The molecule has 12 nitrogen and oxygen atoms in total. The number of azo groups is 1. The molecule has 2 heterocycles. The first-order valence-electron chi connectivity index (χ1n) is 12.3. The van der Waals surface area contributed by atoms with Crippen molar-refractivity contribution in [2.75, 3.05) is 18.4 Å². The molecule has 0 radical (unpaired) electrons. The topological polar surface area (TPSA) is 169 Å². The van der Waals surface area contributed by atoms with Crippen molar-refractivity contribution in [1.82, 2.24) is 19.6 Å². The highest BCUT2D eigenvalue weighted by atomic mass is 32.2.